The number of piperidine rings is 1. The van der Waals surface area contributed by atoms with E-state index in [1.807, 2.05) is 5.38 Å². The molecule has 0 spiro atoms. The summed E-state index contributed by atoms with van der Waals surface area (Å²) in [5.74, 6) is 0.898. The Morgan fingerprint density at radius 3 is 3.10 bits per heavy atom. The average Bonchev–Trinajstić information content (AvgIpc) is 3.12. The zero-order chi connectivity index (χ0) is 20.2. The molecular formula is C21H23N3O4S. The molecule has 1 saturated heterocycles. The Labute approximate surface area is 172 Å². The van der Waals surface area contributed by atoms with E-state index < -0.39 is 5.63 Å². The predicted octanol–water partition coefficient (Wildman–Crippen LogP) is 3.50. The molecule has 0 radical (unpaired) electrons. The van der Waals surface area contributed by atoms with Gasteiger partial charge in [0.05, 0.1) is 5.69 Å². The first kappa shape index (κ1) is 19.6. The summed E-state index contributed by atoms with van der Waals surface area (Å²) in [6.45, 7) is 5.14. The molecule has 0 saturated carbocycles. The summed E-state index contributed by atoms with van der Waals surface area (Å²) in [7, 11) is 0. The molecule has 1 aliphatic heterocycles. The lowest BCUT2D eigenvalue weighted by atomic mass is 10.0. The van der Waals surface area contributed by atoms with Crippen LogP contribution in [-0.2, 0) is 11.3 Å². The van der Waals surface area contributed by atoms with E-state index in [-0.39, 0.29) is 12.5 Å². The first-order valence-corrected chi connectivity index (χ1v) is 10.6. The summed E-state index contributed by atoms with van der Waals surface area (Å²) in [4.78, 5) is 30.4. The fourth-order valence-corrected chi connectivity index (χ4v) is 4.25. The fraction of sp³-hybridized carbons (Fsp3) is 0.381. The minimum atomic E-state index is -0.425. The van der Waals surface area contributed by atoms with E-state index in [2.05, 4.69) is 22.1 Å². The third kappa shape index (κ3) is 5.21. The van der Waals surface area contributed by atoms with Gasteiger partial charge in [-0.25, -0.2) is 9.78 Å². The van der Waals surface area contributed by atoms with Gasteiger partial charge >= 0.3 is 5.63 Å². The molecule has 1 unspecified atom stereocenters. The van der Waals surface area contributed by atoms with Crippen molar-refractivity contribution in [2.24, 2.45) is 5.92 Å². The second-order valence-electron chi connectivity index (χ2n) is 7.42. The van der Waals surface area contributed by atoms with Crippen molar-refractivity contribution in [3.63, 3.8) is 0 Å². The molecule has 0 bridgehead atoms. The molecule has 1 atom stereocenters. The van der Waals surface area contributed by atoms with Crippen LogP contribution in [0, 0.1) is 5.92 Å². The fourth-order valence-electron chi connectivity index (χ4n) is 3.53. The van der Waals surface area contributed by atoms with Gasteiger partial charge in [-0.05, 0) is 43.5 Å². The molecule has 1 aliphatic rings. The standard InChI is InChI=1S/C21H23N3O4S/c1-14-3-2-8-24(10-14)11-16-13-29-21(22-16)23-19(25)12-27-17-6-4-15-5-7-20(26)28-18(15)9-17/h4-7,9,13-14H,2-3,8,10-12H2,1H3,(H,22,23,25). The van der Waals surface area contributed by atoms with Crippen molar-refractivity contribution >= 4 is 33.3 Å². The Hall–Kier alpha value is -2.71. The Morgan fingerprint density at radius 1 is 1.38 bits per heavy atom. The molecule has 1 N–H and O–H groups in total. The summed E-state index contributed by atoms with van der Waals surface area (Å²) in [6, 6.07) is 8.16. The van der Waals surface area contributed by atoms with Crippen LogP contribution in [0.2, 0.25) is 0 Å². The third-order valence-corrected chi connectivity index (χ3v) is 5.70. The van der Waals surface area contributed by atoms with Gasteiger partial charge in [-0.1, -0.05) is 6.92 Å². The number of nitrogens with one attached hydrogen (secondary N) is 1. The Bertz CT molecular complexity index is 1060. The van der Waals surface area contributed by atoms with Gasteiger partial charge in [-0.2, -0.15) is 0 Å². The van der Waals surface area contributed by atoms with Crippen molar-refractivity contribution in [3.8, 4) is 5.75 Å². The van der Waals surface area contributed by atoms with Crippen molar-refractivity contribution in [2.75, 3.05) is 25.0 Å². The molecular weight excluding hydrogens is 390 g/mol. The molecule has 0 aliphatic carbocycles. The monoisotopic (exact) mass is 413 g/mol. The highest BCUT2D eigenvalue weighted by atomic mass is 32.1. The first-order chi connectivity index (χ1) is 14.0. The summed E-state index contributed by atoms with van der Waals surface area (Å²) in [6.07, 6.45) is 2.52. The van der Waals surface area contributed by atoms with E-state index >= 15 is 0 Å². The van der Waals surface area contributed by atoms with Crippen molar-refractivity contribution < 1.29 is 13.9 Å². The molecule has 152 valence electrons. The van der Waals surface area contributed by atoms with Gasteiger partial charge in [0.2, 0.25) is 0 Å². The molecule has 2 aromatic heterocycles. The third-order valence-electron chi connectivity index (χ3n) is 4.89. The SMILES string of the molecule is CC1CCCN(Cc2csc(NC(=O)COc3ccc4ccc(=O)oc4c3)n2)C1. The average molecular weight is 413 g/mol. The van der Waals surface area contributed by atoms with Crippen LogP contribution in [0.4, 0.5) is 5.13 Å². The lowest BCUT2D eigenvalue weighted by Crippen LogP contribution is -2.33. The lowest BCUT2D eigenvalue weighted by molar-refractivity contribution is -0.118. The maximum Gasteiger partial charge on any atom is 0.336 e. The number of carbonyl (C=O) groups is 1. The summed E-state index contributed by atoms with van der Waals surface area (Å²) in [5.41, 5.74) is 0.975. The lowest BCUT2D eigenvalue weighted by Gasteiger charge is -2.30. The number of ether oxygens (including phenoxy) is 1. The number of hydrogen-bond donors (Lipinski definition) is 1. The highest BCUT2D eigenvalue weighted by Crippen LogP contribution is 2.22. The minimum Gasteiger partial charge on any atom is -0.484 e. The maximum absolute atomic E-state index is 12.2. The molecule has 3 heterocycles. The predicted molar refractivity (Wildman–Crippen MR) is 112 cm³/mol. The molecule has 7 nitrogen and oxygen atoms in total. The number of fused-ring (bicyclic) bond motifs is 1. The van der Waals surface area contributed by atoms with Crippen LogP contribution in [0.15, 0.2) is 44.9 Å². The molecule has 1 fully saturated rings. The molecule has 3 aromatic rings. The van der Waals surface area contributed by atoms with Gasteiger partial charge in [0.15, 0.2) is 11.7 Å². The number of nitrogens with zero attached hydrogens (tertiary/aromatic N) is 2. The van der Waals surface area contributed by atoms with Crippen LogP contribution in [0.25, 0.3) is 11.0 Å². The second kappa shape index (κ2) is 8.75. The number of likely N-dealkylation sites (tertiary alicyclic amines) is 1. The summed E-state index contributed by atoms with van der Waals surface area (Å²) >= 11 is 1.42. The summed E-state index contributed by atoms with van der Waals surface area (Å²) in [5, 5.41) is 6.13. The van der Waals surface area contributed by atoms with Gasteiger partial charge < -0.3 is 9.15 Å². The van der Waals surface area contributed by atoms with Crippen molar-refractivity contribution in [3.05, 3.63) is 51.8 Å². The first-order valence-electron chi connectivity index (χ1n) is 9.68. The molecule has 1 aromatic carbocycles. The number of carbonyl (C=O) groups excluding carboxylic acids is 1. The van der Waals surface area contributed by atoms with Gasteiger partial charge in [-0.3, -0.25) is 15.0 Å². The number of hydrogen-bond acceptors (Lipinski definition) is 7. The van der Waals surface area contributed by atoms with Crippen molar-refractivity contribution in [1.29, 1.82) is 0 Å². The topological polar surface area (TPSA) is 84.7 Å². The van der Waals surface area contributed by atoms with Crippen molar-refractivity contribution in [2.45, 2.75) is 26.3 Å². The molecule has 4 rings (SSSR count). The van der Waals surface area contributed by atoms with Crippen LogP contribution >= 0.6 is 11.3 Å². The van der Waals surface area contributed by atoms with Gasteiger partial charge in [0.25, 0.3) is 5.91 Å². The van der Waals surface area contributed by atoms with E-state index in [0.29, 0.717) is 16.5 Å². The van der Waals surface area contributed by atoms with Crippen LogP contribution in [0.1, 0.15) is 25.5 Å². The van der Waals surface area contributed by atoms with E-state index in [1.165, 1.54) is 30.2 Å². The van der Waals surface area contributed by atoms with Crippen LogP contribution in [-0.4, -0.2) is 35.5 Å². The number of rotatable bonds is 6. The van der Waals surface area contributed by atoms with E-state index in [0.717, 1.165) is 36.6 Å². The van der Waals surface area contributed by atoms with Crippen LogP contribution < -0.4 is 15.7 Å². The Kier molecular flexibility index (Phi) is 5.92. The Balaban J connectivity index is 1.30. The highest BCUT2D eigenvalue weighted by Gasteiger charge is 2.17. The van der Waals surface area contributed by atoms with E-state index in [1.54, 1.807) is 24.3 Å². The van der Waals surface area contributed by atoms with Gasteiger partial charge in [0.1, 0.15) is 11.3 Å². The second-order valence-corrected chi connectivity index (χ2v) is 8.28. The zero-order valence-electron chi connectivity index (χ0n) is 16.2. The molecule has 1 amide bonds. The number of thiazole rings is 1. The van der Waals surface area contributed by atoms with Crippen LogP contribution in [0.3, 0.4) is 0 Å². The molecule has 8 heteroatoms. The number of aromatic nitrogens is 1. The van der Waals surface area contributed by atoms with E-state index in [4.69, 9.17) is 9.15 Å². The van der Waals surface area contributed by atoms with E-state index in [9.17, 15) is 9.59 Å². The smallest absolute Gasteiger partial charge is 0.336 e. The highest BCUT2D eigenvalue weighted by molar-refractivity contribution is 7.13. The maximum atomic E-state index is 12.2. The minimum absolute atomic E-state index is 0.152. The number of anilines is 1. The Morgan fingerprint density at radius 2 is 2.24 bits per heavy atom. The van der Waals surface area contributed by atoms with Crippen molar-refractivity contribution in [1.82, 2.24) is 9.88 Å². The largest absolute Gasteiger partial charge is 0.484 e. The van der Waals surface area contributed by atoms with Crippen LogP contribution in [0.5, 0.6) is 5.75 Å². The van der Waals surface area contributed by atoms with Gasteiger partial charge in [0, 0.05) is 36.0 Å². The number of amides is 1. The summed E-state index contributed by atoms with van der Waals surface area (Å²) < 4.78 is 10.7. The quantitative estimate of drug-likeness (QED) is 0.623. The number of benzene rings is 1. The normalized spacial score (nSPS) is 17.3. The van der Waals surface area contributed by atoms with Gasteiger partial charge in [-0.15, -0.1) is 11.3 Å². The molecule has 29 heavy (non-hydrogen) atoms. The zero-order valence-corrected chi connectivity index (χ0v) is 17.0.